The molecule has 1 aliphatic heterocycles. The summed E-state index contributed by atoms with van der Waals surface area (Å²) < 4.78 is 31.8. The van der Waals surface area contributed by atoms with Crippen molar-refractivity contribution in [2.45, 2.75) is 39.7 Å². The SMILES string of the molecule is CCCCOc1ccc(C2c3c(oc4ccc(F)cc4c3=O)C(=O)N2c2cccc(C)c2)cc1OCC. The van der Waals surface area contributed by atoms with E-state index in [1.54, 1.807) is 17.0 Å². The maximum atomic E-state index is 14.1. The summed E-state index contributed by atoms with van der Waals surface area (Å²) in [5, 5.41) is 0.0900. The Balaban J connectivity index is 1.72. The molecule has 5 rings (SSSR count). The van der Waals surface area contributed by atoms with Crippen molar-refractivity contribution in [2.75, 3.05) is 18.1 Å². The minimum Gasteiger partial charge on any atom is -0.490 e. The van der Waals surface area contributed by atoms with Gasteiger partial charge in [-0.1, -0.05) is 31.5 Å². The molecule has 1 aromatic heterocycles. The zero-order chi connectivity index (χ0) is 26.1. The molecule has 0 bridgehead atoms. The number of halogens is 1. The lowest BCUT2D eigenvalue weighted by Crippen LogP contribution is -2.29. The van der Waals surface area contributed by atoms with Gasteiger partial charge in [-0.2, -0.15) is 0 Å². The average molecular weight is 502 g/mol. The average Bonchev–Trinajstić information content (AvgIpc) is 3.18. The molecule has 1 amide bonds. The van der Waals surface area contributed by atoms with Gasteiger partial charge in [-0.05, 0) is 73.9 Å². The van der Waals surface area contributed by atoms with Crippen molar-refractivity contribution in [2.24, 2.45) is 0 Å². The number of nitrogens with zero attached hydrogens (tertiary/aromatic N) is 1. The number of hydrogen-bond acceptors (Lipinski definition) is 5. The first-order valence-electron chi connectivity index (χ1n) is 12.5. The van der Waals surface area contributed by atoms with E-state index < -0.39 is 23.2 Å². The van der Waals surface area contributed by atoms with Gasteiger partial charge in [0.1, 0.15) is 11.4 Å². The summed E-state index contributed by atoms with van der Waals surface area (Å²) in [4.78, 5) is 29.1. The third-order valence-corrected chi connectivity index (χ3v) is 6.45. The van der Waals surface area contributed by atoms with Crippen LogP contribution in [0.3, 0.4) is 0 Å². The number of carbonyl (C=O) groups excluding carboxylic acids is 1. The zero-order valence-corrected chi connectivity index (χ0v) is 21.0. The van der Waals surface area contributed by atoms with Gasteiger partial charge in [0, 0.05) is 5.69 Å². The normalized spacial score (nSPS) is 14.8. The highest BCUT2D eigenvalue weighted by Crippen LogP contribution is 2.43. The maximum absolute atomic E-state index is 14.1. The highest BCUT2D eigenvalue weighted by Gasteiger charge is 2.44. The summed E-state index contributed by atoms with van der Waals surface area (Å²) in [6.45, 7) is 6.87. The van der Waals surface area contributed by atoms with E-state index in [9.17, 15) is 14.0 Å². The Morgan fingerprint density at radius 3 is 2.57 bits per heavy atom. The van der Waals surface area contributed by atoms with Crippen molar-refractivity contribution in [3.05, 3.63) is 99.2 Å². The summed E-state index contributed by atoms with van der Waals surface area (Å²) >= 11 is 0. The summed E-state index contributed by atoms with van der Waals surface area (Å²) in [6.07, 6.45) is 1.91. The first-order valence-corrected chi connectivity index (χ1v) is 12.5. The van der Waals surface area contributed by atoms with Gasteiger partial charge in [0.05, 0.1) is 30.2 Å². The first kappa shape index (κ1) is 24.6. The van der Waals surface area contributed by atoms with E-state index in [4.69, 9.17) is 13.9 Å². The number of carbonyl (C=O) groups is 1. The third kappa shape index (κ3) is 4.46. The van der Waals surface area contributed by atoms with Crippen LogP contribution in [0.25, 0.3) is 11.0 Å². The molecule has 0 saturated carbocycles. The number of rotatable bonds is 8. The van der Waals surface area contributed by atoms with Crippen LogP contribution >= 0.6 is 0 Å². The fraction of sp³-hybridized carbons (Fsp3) is 0.267. The van der Waals surface area contributed by atoms with Crippen LogP contribution in [0.15, 0.2) is 69.9 Å². The van der Waals surface area contributed by atoms with Crippen molar-refractivity contribution in [1.29, 1.82) is 0 Å². The summed E-state index contributed by atoms with van der Waals surface area (Å²) in [6, 6.07) is 15.9. The van der Waals surface area contributed by atoms with Gasteiger partial charge in [-0.15, -0.1) is 0 Å². The molecule has 3 aromatic carbocycles. The topological polar surface area (TPSA) is 69.0 Å². The van der Waals surface area contributed by atoms with Crippen LogP contribution in [0.1, 0.15) is 60.0 Å². The first-order chi connectivity index (χ1) is 17.9. The van der Waals surface area contributed by atoms with E-state index in [2.05, 4.69) is 6.92 Å². The minimum absolute atomic E-state index is 0.0446. The quantitative estimate of drug-likeness (QED) is 0.256. The number of hydrogen-bond donors (Lipinski definition) is 0. The number of ether oxygens (including phenoxy) is 2. The number of benzene rings is 3. The van der Waals surface area contributed by atoms with E-state index >= 15 is 0 Å². The smallest absolute Gasteiger partial charge is 0.295 e. The van der Waals surface area contributed by atoms with Crippen LogP contribution in [-0.2, 0) is 0 Å². The number of amides is 1. The van der Waals surface area contributed by atoms with E-state index in [1.807, 2.05) is 44.2 Å². The monoisotopic (exact) mass is 501 g/mol. The predicted octanol–water partition coefficient (Wildman–Crippen LogP) is 6.57. The highest BCUT2D eigenvalue weighted by molar-refractivity contribution is 6.10. The Bertz CT molecular complexity index is 1540. The lowest BCUT2D eigenvalue weighted by atomic mass is 9.97. The molecule has 1 atom stereocenters. The molecule has 0 radical (unpaired) electrons. The minimum atomic E-state index is -0.794. The van der Waals surface area contributed by atoms with E-state index in [0.717, 1.165) is 24.5 Å². The van der Waals surface area contributed by atoms with Crippen LogP contribution in [0.4, 0.5) is 10.1 Å². The van der Waals surface area contributed by atoms with Crippen LogP contribution in [0.2, 0.25) is 0 Å². The summed E-state index contributed by atoms with van der Waals surface area (Å²) in [5.74, 6) is 0.0890. The lowest BCUT2D eigenvalue weighted by Gasteiger charge is -2.26. The Morgan fingerprint density at radius 1 is 0.973 bits per heavy atom. The van der Waals surface area contributed by atoms with Crippen molar-refractivity contribution >= 4 is 22.6 Å². The molecule has 0 fully saturated rings. The van der Waals surface area contributed by atoms with Gasteiger partial charge in [0.15, 0.2) is 16.9 Å². The van der Waals surface area contributed by atoms with Gasteiger partial charge >= 0.3 is 0 Å². The molecule has 0 saturated heterocycles. The molecule has 0 spiro atoms. The van der Waals surface area contributed by atoms with E-state index in [0.29, 0.717) is 36.0 Å². The fourth-order valence-electron chi connectivity index (χ4n) is 4.71. The molecule has 6 nitrogen and oxygen atoms in total. The molecule has 1 aliphatic rings. The maximum Gasteiger partial charge on any atom is 0.295 e. The fourth-order valence-corrected chi connectivity index (χ4v) is 4.71. The zero-order valence-electron chi connectivity index (χ0n) is 21.0. The van der Waals surface area contributed by atoms with Gasteiger partial charge < -0.3 is 13.9 Å². The second-order valence-corrected chi connectivity index (χ2v) is 9.07. The van der Waals surface area contributed by atoms with Crippen molar-refractivity contribution in [3.63, 3.8) is 0 Å². The molecule has 7 heteroatoms. The lowest BCUT2D eigenvalue weighted by molar-refractivity contribution is 0.0971. The highest BCUT2D eigenvalue weighted by atomic mass is 19.1. The molecule has 0 N–H and O–H groups in total. The molecule has 0 aliphatic carbocycles. The van der Waals surface area contributed by atoms with Crippen LogP contribution < -0.4 is 19.8 Å². The summed E-state index contributed by atoms with van der Waals surface area (Å²) in [5.41, 5.74) is 2.14. The largest absolute Gasteiger partial charge is 0.490 e. The Morgan fingerprint density at radius 2 is 1.81 bits per heavy atom. The van der Waals surface area contributed by atoms with Crippen LogP contribution in [-0.4, -0.2) is 19.1 Å². The Hall–Kier alpha value is -4.13. The van der Waals surface area contributed by atoms with Crippen molar-refractivity contribution in [1.82, 2.24) is 0 Å². The molecule has 190 valence electrons. The predicted molar refractivity (Wildman–Crippen MR) is 140 cm³/mol. The number of fused-ring (bicyclic) bond motifs is 2. The van der Waals surface area contributed by atoms with Crippen molar-refractivity contribution < 1.29 is 23.1 Å². The molecule has 37 heavy (non-hydrogen) atoms. The summed E-state index contributed by atoms with van der Waals surface area (Å²) in [7, 11) is 0. The number of aryl methyl sites for hydroxylation is 1. The van der Waals surface area contributed by atoms with Gasteiger partial charge in [0.2, 0.25) is 5.76 Å². The second kappa shape index (κ2) is 10.1. The van der Waals surface area contributed by atoms with Gasteiger partial charge in [0.25, 0.3) is 5.91 Å². The second-order valence-electron chi connectivity index (χ2n) is 9.07. The Labute approximate surface area is 214 Å². The molecular formula is C30H28FNO5. The van der Waals surface area contributed by atoms with Crippen molar-refractivity contribution in [3.8, 4) is 11.5 Å². The van der Waals surface area contributed by atoms with E-state index in [1.165, 1.54) is 12.1 Å². The van der Waals surface area contributed by atoms with Gasteiger partial charge in [-0.25, -0.2) is 4.39 Å². The molecule has 1 unspecified atom stereocenters. The van der Waals surface area contributed by atoms with Crippen LogP contribution in [0, 0.1) is 12.7 Å². The van der Waals surface area contributed by atoms with Gasteiger partial charge in [-0.3, -0.25) is 14.5 Å². The molecule has 2 heterocycles. The van der Waals surface area contributed by atoms with Crippen LogP contribution in [0.5, 0.6) is 11.5 Å². The standard InChI is InChI=1S/C30H28FNO5/c1-4-6-14-36-24-12-10-19(16-25(24)35-5-2)27-26-28(33)22-17-20(31)11-13-23(22)37-29(26)30(34)32(27)21-9-7-8-18(3)15-21/h7-13,15-17,27H,4-6,14H2,1-3H3. The number of unbranched alkanes of at least 4 members (excludes halogenated alkanes) is 1. The molecular weight excluding hydrogens is 473 g/mol. The molecule has 4 aromatic rings. The third-order valence-electron chi connectivity index (χ3n) is 6.45. The van der Waals surface area contributed by atoms with E-state index in [-0.39, 0.29) is 22.3 Å². The number of anilines is 1. The Kier molecular flexibility index (Phi) is 6.70.